The Labute approximate surface area is 85.0 Å². The van der Waals surface area contributed by atoms with Crippen LogP contribution in [0.25, 0.3) is 17.3 Å². The van der Waals surface area contributed by atoms with Gasteiger partial charge in [-0.15, -0.1) is 5.10 Å². The maximum Gasteiger partial charge on any atom is 0.158 e. The molecule has 3 rings (SSSR count). The number of nitrogens with zero attached hydrogens (tertiary/aromatic N) is 4. The van der Waals surface area contributed by atoms with Gasteiger partial charge in [0.1, 0.15) is 17.7 Å². The number of aromatic nitrogens is 6. The maximum absolute atomic E-state index is 4.13. The van der Waals surface area contributed by atoms with Crippen molar-refractivity contribution in [3.8, 4) is 17.3 Å². The highest BCUT2D eigenvalue weighted by Gasteiger charge is 2.10. The molecule has 2 N–H and O–H groups in total. The monoisotopic (exact) mass is 199 g/mol. The molecular formula is C9H7N6. The summed E-state index contributed by atoms with van der Waals surface area (Å²) < 4.78 is 1.64. The molecule has 73 valence electrons. The summed E-state index contributed by atoms with van der Waals surface area (Å²) in [5.74, 6) is 1.52. The van der Waals surface area contributed by atoms with Gasteiger partial charge in [-0.1, -0.05) is 5.21 Å². The summed E-state index contributed by atoms with van der Waals surface area (Å²) >= 11 is 0. The van der Waals surface area contributed by atoms with E-state index in [2.05, 4.69) is 31.5 Å². The van der Waals surface area contributed by atoms with Crippen LogP contribution in [0, 0.1) is 6.20 Å². The van der Waals surface area contributed by atoms with E-state index in [0.29, 0.717) is 11.5 Å². The van der Waals surface area contributed by atoms with E-state index < -0.39 is 0 Å². The first kappa shape index (κ1) is 7.98. The Morgan fingerprint density at radius 1 is 1.27 bits per heavy atom. The number of hydrogen-bond donors (Lipinski definition) is 2. The highest BCUT2D eigenvalue weighted by atomic mass is 15.4. The lowest BCUT2D eigenvalue weighted by atomic mass is 10.4. The quantitative estimate of drug-likeness (QED) is 0.640. The molecule has 0 aromatic carbocycles. The van der Waals surface area contributed by atoms with E-state index in [1.165, 1.54) is 0 Å². The number of nitrogens with one attached hydrogen (secondary N) is 2. The van der Waals surface area contributed by atoms with Crippen molar-refractivity contribution in [3.05, 3.63) is 36.9 Å². The molecular weight excluding hydrogens is 192 g/mol. The van der Waals surface area contributed by atoms with Gasteiger partial charge in [-0.25, -0.2) is 4.98 Å². The molecule has 0 aliphatic heterocycles. The molecule has 6 heteroatoms. The summed E-state index contributed by atoms with van der Waals surface area (Å²) in [5.41, 5.74) is 0.697. The number of hydrogen-bond acceptors (Lipinski definition) is 3. The van der Waals surface area contributed by atoms with Crippen LogP contribution >= 0.6 is 0 Å². The maximum atomic E-state index is 4.13. The molecule has 0 saturated heterocycles. The second-order valence-electron chi connectivity index (χ2n) is 2.95. The molecule has 6 nitrogen and oxygen atoms in total. The largest absolute Gasteiger partial charge is 0.347 e. The van der Waals surface area contributed by atoms with Crippen LogP contribution in [0.4, 0.5) is 0 Å². The van der Waals surface area contributed by atoms with Crippen LogP contribution in [-0.2, 0) is 0 Å². The molecule has 0 bridgehead atoms. The van der Waals surface area contributed by atoms with Crippen LogP contribution in [0.1, 0.15) is 0 Å². The number of imidazole rings is 1. The minimum absolute atomic E-state index is 0.689. The van der Waals surface area contributed by atoms with E-state index >= 15 is 0 Å². The van der Waals surface area contributed by atoms with Crippen molar-refractivity contribution in [3.63, 3.8) is 0 Å². The molecule has 3 aromatic heterocycles. The minimum Gasteiger partial charge on any atom is -0.347 e. The van der Waals surface area contributed by atoms with Crippen molar-refractivity contribution in [1.82, 2.24) is 29.9 Å². The fraction of sp³-hybridized carbons (Fsp3) is 0. The molecule has 3 aromatic rings. The van der Waals surface area contributed by atoms with Crippen LogP contribution in [0.3, 0.4) is 0 Å². The summed E-state index contributed by atoms with van der Waals surface area (Å²) in [6.07, 6.45) is 8.03. The van der Waals surface area contributed by atoms with Gasteiger partial charge in [-0.3, -0.25) is 0 Å². The Hall–Kier alpha value is -2.37. The Morgan fingerprint density at radius 2 is 2.27 bits per heavy atom. The summed E-state index contributed by atoms with van der Waals surface area (Å²) in [6, 6.07) is 3.79. The van der Waals surface area contributed by atoms with Crippen molar-refractivity contribution in [1.29, 1.82) is 0 Å². The molecule has 0 spiro atoms. The topological polar surface area (TPSA) is 75.2 Å². The summed E-state index contributed by atoms with van der Waals surface area (Å²) in [4.78, 5) is 10.2. The molecule has 0 atom stereocenters. The summed E-state index contributed by atoms with van der Waals surface area (Å²) in [7, 11) is 0. The zero-order chi connectivity index (χ0) is 10.1. The molecule has 15 heavy (non-hydrogen) atoms. The Balaban J connectivity index is 2.15. The summed E-state index contributed by atoms with van der Waals surface area (Å²) in [5, 5.41) is 7.68. The Kier molecular flexibility index (Phi) is 1.64. The molecule has 0 aliphatic rings. The van der Waals surface area contributed by atoms with Gasteiger partial charge < -0.3 is 9.97 Å². The average Bonchev–Trinajstić information content (AvgIpc) is 3.01. The summed E-state index contributed by atoms with van der Waals surface area (Å²) in [6.45, 7) is 0. The van der Waals surface area contributed by atoms with Crippen molar-refractivity contribution in [2.45, 2.75) is 0 Å². The van der Waals surface area contributed by atoms with Gasteiger partial charge >= 0.3 is 0 Å². The van der Waals surface area contributed by atoms with E-state index in [0.717, 1.165) is 5.82 Å². The standard InChI is InChI=1S/C9H7N6/c1-2-8(10-3-1)15-7(6-13-14-15)9-11-4-5-12-9/h1-5,10H,(H,11,12). The third kappa shape index (κ3) is 1.23. The fourth-order valence-electron chi connectivity index (χ4n) is 1.38. The van der Waals surface area contributed by atoms with Gasteiger partial charge in [-0.2, -0.15) is 4.68 Å². The molecule has 0 aliphatic carbocycles. The Bertz CT molecular complexity index is 484. The van der Waals surface area contributed by atoms with E-state index in [-0.39, 0.29) is 0 Å². The van der Waals surface area contributed by atoms with Crippen molar-refractivity contribution in [2.24, 2.45) is 0 Å². The van der Waals surface area contributed by atoms with Gasteiger partial charge in [0.25, 0.3) is 0 Å². The zero-order valence-corrected chi connectivity index (χ0v) is 7.68. The molecule has 1 radical (unpaired) electrons. The fourth-order valence-corrected chi connectivity index (χ4v) is 1.38. The van der Waals surface area contributed by atoms with E-state index in [1.54, 1.807) is 17.1 Å². The Morgan fingerprint density at radius 3 is 3.00 bits per heavy atom. The number of aromatic amines is 2. The predicted octanol–water partition coefficient (Wildman–Crippen LogP) is 0.786. The van der Waals surface area contributed by atoms with Crippen molar-refractivity contribution < 1.29 is 0 Å². The second-order valence-corrected chi connectivity index (χ2v) is 2.95. The van der Waals surface area contributed by atoms with Crippen molar-refractivity contribution in [2.75, 3.05) is 0 Å². The third-order valence-electron chi connectivity index (χ3n) is 2.03. The lowest BCUT2D eigenvalue weighted by molar-refractivity contribution is 0.788. The van der Waals surface area contributed by atoms with Gasteiger partial charge in [0.15, 0.2) is 5.82 Å². The van der Waals surface area contributed by atoms with E-state index in [9.17, 15) is 0 Å². The second kappa shape index (κ2) is 3.09. The van der Waals surface area contributed by atoms with Gasteiger partial charge in [0.2, 0.25) is 0 Å². The highest BCUT2D eigenvalue weighted by Crippen LogP contribution is 2.15. The van der Waals surface area contributed by atoms with Crippen molar-refractivity contribution >= 4 is 0 Å². The molecule has 0 fully saturated rings. The third-order valence-corrected chi connectivity index (χ3v) is 2.03. The average molecular weight is 199 g/mol. The molecule has 0 unspecified atom stereocenters. The van der Waals surface area contributed by atoms with Crippen LogP contribution in [0.2, 0.25) is 0 Å². The lowest BCUT2D eigenvalue weighted by Crippen LogP contribution is -2.00. The van der Waals surface area contributed by atoms with Crippen LogP contribution in [0.15, 0.2) is 30.7 Å². The molecule has 3 heterocycles. The van der Waals surface area contributed by atoms with Gasteiger partial charge in [0, 0.05) is 18.6 Å². The molecule has 0 amide bonds. The number of rotatable bonds is 2. The van der Waals surface area contributed by atoms with E-state index in [1.807, 2.05) is 18.3 Å². The smallest absolute Gasteiger partial charge is 0.158 e. The van der Waals surface area contributed by atoms with Crippen LogP contribution in [-0.4, -0.2) is 29.9 Å². The first-order valence-electron chi connectivity index (χ1n) is 4.42. The zero-order valence-electron chi connectivity index (χ0n) is 7.68. The SMILES string of the molecule is [c]1nnn(-c2ccc[nH]2)c1-c1ncc[nH]1. The normalized spacial score (nSPS) is 10.7. The number of H-pyrrole nitrogens is 2. The van der Waals surface area contributed by atoms with E-state index in [4.69, 9.17) is 0 Å². The first-order chi connectivity index (χ1) is 7.45. The molecule has 0 saturated carbocycles. The van der Waals surface area contributed by atoms with Crippen LogP contribution in [0.5, 0.6) is 0 Å². The predicted molar refractivity (Wildman–Crippen MR) is 52.1 cm³/mol. The van der Waals surface area contributed by atoms with Crippen LogP contribution < -0.4 is 0 Å². The van der Waals surface area contributed by atoms with Gasteiger partial charge in [-0.05, 0) is 12.1 Å². The van der Waals surface area contributed by atoms with Gasteiger partial charge in [0.05, 0.1) is 0 Å². The highest BCUT2D eigenvalue weighted by molar-refractivity contribution is 5.49. The minimum atomic E-state index is 0.689. The lowest BCUT2D eigenvalue weighted by Gasteiger charge is -1.99. The first-order valence-corrected chi connectivity index (χ1v) is 4.42.